The van der Waals surface area contributed by atoms with Crippen molar-refractivity contribution in [3.05, 3.63) is 34.9 Å². The van der Waals surface area contributed by atoms with Crippen molar-refractivity contribution in [3.63, 3.8) is 0 Å². The van der Waals surface area contributed by atoms with Gasteiger partial charge >= 0.3 is 0 Å². The van der Waals surface area contributed by atoms with E-state index in [2.05, 4.69) is 0 Å². The fraction of sp³-hybridized carbons (Fsp3) is 0.538. The molecular weight excluding hydrogens is 286 g/mol. The second kappa shape index (κ2) is 5.05. The molecule has 1 aromatic rings. The molecular formula is C13H18ClNO3S. The summed E-state index contributed by atoms with van der Waals surface area (Å²) in [5.74, 6) is -0.139. The highest BCUT2D eigenvalue weighted by Crippen LogP contribution is 2.54. The molecule has 1 fully saturated rings. The molecule has 2 N–H and O–H groups in total. The molecule has 106 valence electrons. The number of nitrogens with two attached hydrogens (primary N) is 1. The third-order valence-electron chi connectivity index (χ3n) is 3.72. The van der Waals surface area contributed by atoms with Gasteiger partial charge in [-0.1, -0.05) is 30.7 Å². The van der Waals surface area contributed by atoms with Crippen LogP contribution in [0.2, 0.25) is 5.02 Å². The predicted molar refractivity (Wildman–Crippen MR) is 76.2 cm³/mol. The van der Waals surface area contributed by atoms with Gasteiger partial charge in [0.2, 0.25) is 0 Å². The second-order valence-corrected chi connectivity index (χ2v) is 7.79. The molecule has 1 aliphatic rings. The summed E-state index contributed by atoms with van der Waals surface area (Å²) in [5.41, 5.74) is 6.30. The molecule has 3 atom stereocenters. The molecule has 0 spiro atoms. The van der Waals surface area contributed by atoms with Crippen LogP contribution in [0.15, 0.2) is 24.3 Å². The Bertz CT molecular complexity index is 558. The van der Waals surface area contributed by atoms with Gasteiger partial charge in [0.1, 0.15) is 0 Å². The largest absolute Gasteiger partial charge is 0.383 e. The van der Waals surface area contributed by atoms with Gasteiger partial charge in [-0.15, -0.1) is 0 Å². The third kappa shape index (κ3) is 2.52. The Balaban J connectivity index is 2.36. The first-order chi connectivity index (χ1) is 8.86. The minimum atomic E-state index is -3.20. The summed E-state index contributed by atoms with van der Waals surface area (Å²) in [6.07, 6.45) is 0. The van der Waals surface area contributed by atoms with Crippen LogP contribution in [0, 0.1) is 0 Å². The standard InChI is InChI=1S/C13H18ClNO3S/c1-3-19(16,17)12-11(13(12,15)8-18-2)9-4-6-10(14)7-5-9/h4-7,11-12H,3,8,15H2,1-2H3/t11-,12-,13+/m1/s1. The Kier molecular flexibility index (Phi) is 3.93. The van der Waals surface area contributed by atoms with Crippen molar-refractivity contribution in [2.45, 2.75) is 23.6 Å². The Morgan fingerprint density at radius 1 is 1.37 bits per heavy atom. The highest BCUT2D eigenvalue weighted by atomic mass is 35.5. The number of methoxy groups -OCH3 is 1. The molecule has 1 saturated carbocycles. The maximum atomic E-state index is 12.1. The molecule has 1 aromatic carbocycles. The van der Waals surface area contributed by atoms with Crippen LogP contribution in [0.3, 0.4) is 0 Å². The zero-order valence-electron chi connectivity index (χ0n) is 11.0. The minimum absolute atomic E-state index is 0.0877. The van der Waals surface area contributed by atoms with E-state index in [4.69, 9.17) is 22.1 Å². The number of sulfone groups is 1. The molecule has 0 bridgehead atoms. The average molecular weight is 304 g/mol. The fourth-order valence-electron chi connectivity index (χ4n) is 2.72. The fourth-order valence-corrected chi connectivity index (χ4v) is 4.84. The highest BCUT2D eigenvalue weighted by Gasteiger charge is 2.68. The van der Waals surface area contributed by atoms with Crippen LogP contribution in [0.5, 0.6) is 0 Å². The number of ether oxygens (including phenoxy) is 1. The summed E-state index contributed by atoms with van der Waals surface area (Å²) in [6.45, 7) is 1.87. The summed E-state index contributed by atoms with van der Waals surface area (Å²) in [6, 6.07) is 7.15. The van der Waals surface area contributed by atoms with Gasteiger partial charge in [-0.2, -0.15) is 0 Å². The molecule has 0 amide bonds. The lowest BCUT2D eigenvalue weighted by Gasteiger charge is -2.10. The first-order valence-electron chi connectivity index (χ1n) is 6.11. The SMILES string of the molecule is CCS(=O)(=O)[C@@H]1[C@@H](c2ccc(Cl)cc2)[C@@]1(N)COC. The Morgan fingerprint density at radius 3 is 2.42 bits per heavy atom. The molecule has 0 heterocycles. The van der Waals surface area contributed by atoms with Crippen LogP contribution in [0.1, 0.15) is 18.4 Å². The van der Waals surface area contributed by atoms with Gasteiger partial charge in [-0.3, -0.25) is 0 Å². The normalized spacial score (nSPS) is 30.3. The van der Waals surface area contributed by atoms with Crippen LogP contribution in [-0.4, -0.2) is 38.7 Å². The average Bonchev–Trinajstić information content (AvgIpc) is 2.97. The lowest BCUT2D eigenvalue weighted by molar-refractivity contribution is 0.171. The first kappa shape index (κ1) is 14.8. The Labute approximate surface area is 118 Å². The van der Waals surface area contributed by atoms with E-state index in [0.29, 0.717) is 5.02 Å². The van der Waals surface area contributed by atoms with Crippen LogP contribution < -0.4 is 5.73 Å². The van der Waals surface area contributed by atoms with E-state index < -0.39 is 20.6 Å². The summed E-state index contributed by atoms with van der Waals surface area (Å²) in [7, 11) is -1.67. The second-order valence-electron chi connectivity index (χ2n) is 4.95. The lowest BCUT2D eigenvalue weighted by Crippen LogP contribution is -2.36. The van der Waals surface area contributed by atoms with Gasteiger partial charge in [-0.25, -0.2) is 8.42 Å². The Morgan fingerprint density at radius 2 is 1.95 bits per heavy atom. The maximum absolute atomic E-state index is 12.1. The van der Waals surface area contributed by atoms with E-state index in [-0.39, 0.29) is 18.3 Å². The summed E-state index contributed by atoms with van der Waals surface area (Å²) >= 11 is 5.85. The van der Waals surface area contributed by atoms with E-state index in [1.54, 1.807) is 19.1 Å². The quantitative estimate of drug-likeness (QED) is 0.897. The van der Waals surface area contributed by atoms with Crippen LogP contribution in [0.4, 0.5) is 0 Å². The molecule has 0 radical (unpaired) electrons. The first-order valence-corrected chi connectivity index (χ1v) is 8.21. The number of rotatable bonds is 5. The molecule has 2 rings (SSSR count). The van der Waals surface area contributed by atoms with Crippen LogP contribution >= 0.6 is 11.6 Å². The summed E-state index contributed by atoms with van der Waals surface area (Å²) in [5, 5.41) is 0.0415. The molecule has 4 nitrogen and oxygen atoms in total. The third-order valence-corrected chi connectivity index (χ3v) is 6.26. The predicted octanol–water partition coefficient (Wildman–Crippen LogP) is 1.58. The lowest BCUT2D eigenvalue weighted by atomic mass is 10.1. The maximum Gasteiger partial charge on any atom is 0.155 e. The topological polar surface area (TPSA) is 69.4 Å². The van der Waals surface area contributed by atoms with Crippen molar-refractivity contribution in [1.82, 2.24) is 0 Å². The highest BCUT2D eigenvalue weighted by molar-refractivity contribution is 7.92. The number of benzene rings is 1. The number of hydrogen-bond acceptors (Lipinski definition) is 4. The van der Waals surface area contributed by atoms with Crippen molar-refractivity contribution < 1.29 is 13.2 Å². The van der Waals surface area contributed by atoms with E-state index in [1.807, 2.05) is 12.1 Å². The minimum Gasteiger partial charge on any atom is -0.383 e. The summed E-state index contributed by atoms with van der Waals surface area (Å²) < 4.78 is 29.4. The Hall–Kier alpha value is -0.620. The van der Waals surface area contributed by atoms with Gasteiger partial charge in [0.15, 0.2) is 9.84 Å². The number of hydrogen-bond donors (Lipinski definition) is 1. The molecule has 0 unspecified atom stereocenters. The molecule has 19 heavy (non-hydrogen) atoms. The molecule has 6 heteroatoms. The van der Waals surface area contributed by atoms with E-state index in [0.717, 1.165) is 5.56 Å². The van der Waals surface area contributed by atoms with Crippen LogP contribution in [0.25, 0.3) is 0 Å². The monoisotopic (exact) mass is 303 g/mol. The van der Waals surface area contributed by atoms with Gasteiger partial charge in [-0.05, 0) is 17.7 Å². The molecule has 0 saturated heterocycles. The van der Waals surface area contributed by atoms with Crippen molar-refractivity contribution in [2.75, 3.05) is 19.5 Å². The van der Waals surface area contributed by atoms with E-state index in [1.165, 1.54) is 7.11 Å². The number of halogens is 1. The molecule has 0 aliphatic heterocycles. The van der Waals surface area contributed by atoms with E-state index in [9.17, 15) is 8.42 Å². The van der Waals surface area contributed by atoms with Gasteiger partial charge < -0.3 is 10.5 Å². The summed E-state index contributed by atoms with van der Waals surface area (Å²) in [4.78, 5) is 0. The van der Waals surface area contributed by atoms with Gasteiger partial charge in [0.25, 0.3) is 0 Å². The van der Waals surface area contributed by atoms with Crippen molar-refractivity contribution in [2.24, 2.45) is 5.73 Å². The smallest absolute Gasteiger partial charge is 0.155 e. The van der Waals surface area contributed by atoms with E-state index >= 15 is 0 Å². The zero-order valence-corrected chi connectivity index (χ0v) is 12.5. The van der Waals surface area contributed by atoms with Crippen molar-refractivity contribution in [1.29, 1.82) is 0 Å². The van der Waals surface area contributed by atoms with Gasteiger partial charge in [0, 0.05) is 23.8 Å². The van der Waals surface area contributed by atoms with Gasteiger partial charge in [0.05, 0.1) is 17.4 Å². The molecule has 0 aromatic heterocycles. The zero-order chi connectivity index (χ0) is 14.3. The molecule has 1 aliphatic carbocycles. The van der Waals surface area contributed by atoms with Crippen molar-refractivity contribution >= 4 is 21.4 Å². The van der Waals surface area contributed by atoms with Crippen LogP contribution in [-0.2, 0) is 14.6 Å². The van der Waals surface area contributed by atoms with Crippen molar-refractivity contribution in [3.8, 4) is 0 Å².